The minimum atomic E-state index is 0.0631. The van der Waals surface area contributed by atoms with Crippen molar-refractivity contribution in [2.45, 2.75) is 46.5 Å². The van der Waals surface area contributed by atoms with E-state index in [1.165, 1.54) is 0 Å². The Hall–Kier alpha value is -1.71. The lowest BCUT2D eigenvalue weighted by molar-refractivity contribution is -0.133. The molecule has 118 valence electrons. The van der Waals surface area contributed by atoms with Gasteiger partial charge in [0, 0.05) is 18.8 Å². The van der Waals surface area contributed by atoms with Crippen molar-refractivity contribution in [3.63, 3.8) is 0 Å². The Morgan fingerprint density at radius 3 is 2.33 bits per heavy atom. The second-order valence-corrected chi connectivity index (χ2v) is 5.40. The van der Waals surface area contributed by atoms with Crippen molar-refractivity contribution < 1.29 is 9.53 Å². The summed E-state index contributed by atoms with van der Waals surface area (Å²) in [5, 5.41) is 0. The Morgan fingerprint density at radius 1 is 1.19 bits per heavy atom. The quantitative estimate of drug-likeness (QED) is 0.710. The van der Waals surface area contributed by atoms with Gasteiger partial charge in [-0.2, -0.15) is 0 Å². The van der Waals surface area contributed by atoms with Crippen LogP contribution in [0.2, 0.25) is 0 Å². The second kappa shape index (κ2) is 9.27. The molecule has 0 aliphatic carbocycles. The molecule has 2 N–H and O–H groups in total. The zero-order valence-corrected chi connectivity index (χ0v) is 13.5. The van der Waals surface area contributed by atoms with E-state index in [4.69, 9.17) is 10.5 Å². The number of hydrogen-bond donors (Lipinski definition) is 1. The molecule has 1 amide bonds. The smallest absolute Gasteiger partial charge is 0.260 e. The number of nitrogens with zero attached hydrogens (tertiary/aromatic N) is 1. The summed E-state index contributed by atoms with van der Waals surface area (Å²) in [5.74, 6) is 0.789. The highest BCUT2D eigenvalue weighted by atomic mass is 16.5. The number of ether oxygens (including phenoxy) is 1. The topological polar surface area (TPSA) is 55.6 Å². The van der Waals surface area contributed by atoms with Crippen LogP contribution in [0.15, 0.2) is 18.2 Å². The van der Waals surface area contributed by atoms with E-state index in [9.17, 15) is 4.79 Å². The number of benzene rings is 1. The molecule has 0 aliphatic rings. The lowest BCUT2D eigenvalue weighted by Gasteiger charge is -2.22. The van der Waals surface area contributed by atoms with Crippen molar-refractivity contribution in [3.8, 4) is 5.75 Å². The number of nitrogen functional groups attached to an aromatic ring is 1. The van der Waals surface area contributed by atoms with E-state index in [-0.39, 0.29) is 12.5 Å². The van der Waals surface area contributed by atoms with Gasteiger partial charge in [0.1, 0.15) is 5.75 Å². The highest BCUT2D eigenvalue weighted by Gasteiger charge is 2.13. The molecule has 4 heteroatoms. The molecular weight excluding hydrogens is 264 g/mol. The van der Waals surface area contributed by atoms with E-state index in [0.717, 1.165) is 50.1 Å². The van der Waals surface area contributed by atoms with E-state index < -0.39 is 0 Å². The Morgan fingerprint density at radius 2 is 1.81 bits per heavy atom. The maximum Gasteiger partial charge on any atom is 0.260 e. The summed E-state index contributed by atoms with van der Waals surface area (Å²) in [7, 11) is 0. The van der Waals surface area contributed by atoms with Crippen molar-refractivity contribution in [2.24, 2.45) is 0 Å². The van der Waals surface area contributed by atoms with Gasteiger partial charge >= 0.3 is 0 Å². The van der Waals surface area contributed by atoms with Crippen molar-refractivity contribution in [1.29, 1.82) is 0 Å². The Labute approximate surface area is 128 Å². The molecule has 1 rings (SSSR count). The van der Waals surface area contributed by atoms with E-state index in [0.29, 0.717) is 5.69 Å². The van der Waals surface area contributed by atoms with Crippen LogP contribution in [0.4, 0.5) is 5.69 Å². The maximum atomic E-state index is 12.3. The van der Waals surface area contributed by atoms with E-state index in [1.807, 2.05) is 24.0 Å². The van der Waals surface area contributed by atoms with Crippen LogP contribution in [0.1, 0.15) is 45.1 Å². The molecule has 0 saturated carbocycles. The van der Waals surface area contributed by atoms with Crippen molar-refractivity contribution in [1.82, 2.24) is 4.90 Å². The number of amides is 1. The fraction of sp³-hybridized carbons (Fsp3) is 0.588. The van der Waals surface area contributed by atoms with Gasteiger partial charge in [0.25, 0.3) is 5.91 Å². The van der Waals surface area contributed by atoms with Crippen molar-refractivity contribution in [3.05, 3.63) is 23.8 Å². The Bertz CT molecular complexity index is 438. The van der Waals surface area contributed by atoms with Crippen LogP contribution < -0.4 is 10.5 Å². The van der Waals surface area contributed by atoms with Gasteiger partial charge in [-0.3, -0.25) is 4.79 Å². The van der Waals surface area contributed by atoms with Crippen molar-refractivity contribution in [2.75, 3.05) is 25.4 Å². The number of rotatable bonds is 9. The average Bonchev–Trinajstić information content (AvgIpc) is 2.46. The minimum absolute atomic E-state index is 0.0631. The monoisotopic (exact) mass is 292 g/mol. The molecule has 0 saturated heterocycles. The molecule has 0 atom stereocenters. The number of hydrogen-bond acceptors (Lipinski definition) is 3. The predicted octanol–water partition coefficient (Wildman–Crippen LogP) is 3.38. The SMILES string of the molecule is CCCCN(CCCC)C(=O)COc1ccc(N)cc1C. The summed E-state index contributed by atoms with van der Waals surface area (Å²) in [4.78, 5) is 14.2. The maximum absolute atomic E-state index is 12.3. The molecule has 1 aromatic rings. The predicted molar refractivity (Wildman–Crippen MR) is 87.5 cm³/mol. The third kappa shape index (κ3) is 6.06. The molecule has 0 fully saturated rings. The fourth-order valence-corrected chi connectivity index (χ4v) is 2.12. The lowest BCUT2D eigenvalue weighted by atomic mass is 10.2. The molecule has 0 radical (unpaired) electrons. The van der Waals surface area contributed by atoms with Gasteiger partial charge in [0.15, 0.2) is 6.61 Å². The molecular formula is C17H28N2O2. The molecule has 0 unspecified atom stereocenters. The van der Waals surface area contributed by atoms with Crippen molar-refractivity contribution >= 4 is 11.6 Å². The van der Waals surface area contributed by atoms with Crippen LogP contribution in [0.5, 0.6) is 5.75 Å². The van der Waals surface area contributed by atoms with Crippen LogP contribution in [0.3, 0.4) is 0 Å². The first-order valence-electron chi connectivity index (χ1n) is 7.85. The van der Waals surface area contributed by atoms with Gasteiger partial charge in [-0.25, -0.2) is 0 Å². The van der Waals surface area contributed by atoms with Crippen LogP contribution in [-0.2, 0) is 4.79 Å². The second-order valence-electron chi connectivity index (χ2n) is 5.40. The van der Waals surface area contributed by atoms with Crippen LogP contribution in [0.25, 0.3) is 0 Å². The van der Waals surface area contributed by atoms with Gasteiger partial charge in [-0.15, -0.1) is 0 Å². The van der Waals surface area contributed by atoms with E-state index in [2.05, 4.69) is 13.8 Å². The molecule has 0 bridgehead atoms. The Balaban J connectivity index is 2.55. The standard InChI is InChI=1S/C17H28N2O2/c1-4-6-10-19(11-7-5-2)17(20)13-21-16-9-8-15(18)12-14(16)3/h8-9,12H,4-7,10-11,13,18H2,1-3H3. The summed E-state index contributed by atoms with van der Waals surface area (Å²) in [6.45, 7) is 7.94. The fourth-order valence-electron chi connectivity index (χ4n) is 2.12. The molecule has 0 aliphatic heterocycles. The molecule has 0 aromatic heterocycles. The van der Waals surface area contributed by atoms with Gasteiger partial charge in [0.05, 0.1) is 0 Å². The number of carbonyl (C=O) groups excluding carboxylic acids is 1. The summed E-state index contributed by atoms with van der Waals surface area (Å²) >= 11 is 0. The zero-order valence-electron chi connectivity index (χ0n) is 13.5. The molecule has 1 aromatic carbocycles. The van der Waals surface area contributed by atoms with E-state index in [1.54, 1.807) is 6.07 Å². The van der Waals surface area contributed by atoms with Gasteiger partial charge in [-0.1, -0.05) is 26.7 Å². The molecule has 0 heterocycles. The first-order chi connectivity index (χ1) is 10.1. The number of anilines is 1. The van der Waals surface area contributed by atoms with Crippen LogP contribution in [0, 0.1) is 6.92 Å². The Kier molecular flexibility index (Phi) is 7.65. The lowest BCUT2D eigenvalue weighted by Crippen LogP contribution is -2.36. The zero-order chi connectivity index (χ0) is 15.7. The number of carbonyl (C=O) groups is 1. The van der Waals surface area contributed by atoms with Gasteiger partial charge < -0.3 is 15.4 Å². The first-order valence-corrected chi connectivity index (χ1v) is 7.85. The third-order valence-electron chi connectivity index (χ3n) is 3.47. The third-order valence-corrected chi connectivity index (χ3v) is 3.47. The summed E-state index contributed by atoms with van der Waals surface area (Å²) in [5.41, 5.74) is 7.37. The summed E-state index contributed by atoms with van der Waals surface area (Å²) < 4.78 is 5.65. The largest absolute Gasteiger partial charge is 0.483 e. The summed E-state index contributed by atoms with van der Waals surface area (Å²) in [6, 6.07) is 5.46. The van der Waals surface area contributed by atoms with Crippen LogP contribution >= 0.6 is 0 Å². The molecule has 21 heavy (non-hydrogen) atoms. The first kappa shape index (κ1) is 17.3. The highest BCUT2D eigenvalue weighted by Crippen LogP contribution is 2.20. The number of unbranched alkanes of at least 4 members (excludes halogenated alkanes) is 2. The number of aryl methyl sites for hydroxylation is 1. The van der Waals surface area contributed by atoms with Crippen LogP contribution in [-0.4, -0.2) is 30.5 Å². The minimum Gasteiger partial charge on any atom is -0.483 e. The van der Waals surface area contributed by atoms with E-state index >= 15 is 0 Å². The molecule has 4 nitrogen and oxygen atoms in total. The highest BCUT2D eigenvalue weighted by molar-refractivity contribution is 5.77. The summed E-state index contributed by atoms with van der Waals surface area (Å²) in [6.07, 6.45) is 4.26. The normalized spacial score (nSPS) is 10.4. The van der Waals surface area contributed by atoms with Gasteiger partial charge in [0.2, 0.25) is 0 Å². The molecule has 0 spiro atoms. The number of nitrogens with two attached hydrogens (primary N) is 1. The average molecular weight is 292 g/mol. The van der Waals surface area contributed by atoms with Gasteiger partial charge in [-0.05, 0) is 43.5 Å².